The lowest BCUT2D eigenvalue weighted by molar-refractivity contribution is -0.131. The average molecular weight is 377 g/mol. The number of rotatable bonds is 6. The second-order valence-corrected chi connectivity index (χ2v) is 8.95. The van der Waals surface area contributed by atoms with Crippen LogP contribution in [-0.2, 0) is 11.2 Å². The molecule has 4 rings (SSSR count). The molecule has 2 fully saturated rings. The number of thioether (sulfide) groups is 1. The number of amides is 1. The Hall–Kier alpha value is -1.34. The van der Waals surface area contributed by atoms with E-state index in [1.165, 1.54) is 24.1 Å². The van der Waals surface area contributed by atoms with Crippen molar-refractivity contribution in [3.05, 3.63) is 28.2 Å². The molecular formula is C18H24N4OS2. The van der Waals surface area contributed by atoms with Crippen molar-refractivity contribution >= 4 is 29.0 Å². The first-order valence-corrected chi connectivity index (χ1v) is 11.0. The van der Waals surface area contributed by atoms with Gasteiger partial charge in [-0.3, -0.25) is 4.79 Å². The largest absolute Gasteiger partial charge is 0.339 e. The molecule has 2 aromatic rings. The van der Waals surface area contributed by atoms with E-state index in [2.05, 4.69) is 39.2 Å². The van der Waals surface area contributed by atoms with Gasteiger partial charge in [0.25, 0.3) is 0 Å². The minimum absolute atomic E-state index is 0.238. The van der Waals surface area contributed by atoms with Crippen molar-refractivity contribution in [2.45, 2.75) is 62.7 Å². The van der Waals surface area contributed by atoms with E-state index in [0.717, 1.165) is 36.8 Å². The van der Waals surface area contributed by atoms with Gasteiger partial charge in [0.1, 0.15) is 5.82 Å². The van der Waals surface area contributed by atoms with Gasteiger partial charge in [0.15, 0.2) is 5.16 Å². The predicted octanol–water partition coefficient (Wildman–Crippen LogP) is 3.76. The second kappa shape index (κ2) is 7.50. The summed E-state index contributed by atoms with van der Waals surface area (Å²) in [6, 6.07) is 5.12. The fourth-order valence-electron chi connectivity index (χ4n) is 3.47. The van der Waals surface area contributed by atoms with E-state index >= 15 is 0 Å². The predicted molar refractivity (Wildman–Crippen MR) is 101 cm³/mol. The van der Waals surface area contributed by atoms with Gasteiger partial charge in [-0.05, 0) is 50.5 Å². The summed E-state index contributed by atoms with van der Waals surface area (Å²) in [6.45, 7) is 3.06. The molecule has 2 aliphatic rings. The van der Waals surface area contributed by atoms with Gasteiger partial charge in [-0.25, -0.2) is 0 Å². The molecule has 0 spiro atoms. The molecule has 3 heterocycles. The Kier molecular flexibility index (Phi) is 5.12. The topological polar surface area (TPSA) is 51.0 Å². The summed E-state index contributed by atoms with van der Waals surface area (Å²) in [4.78, 5) is 15.9. The summed E-state index contributed by atoms with van der Waals surface area (Å²) in [5.74, 6) is 1.74. The maximum absolute atomic E-state index is 12.6. The molecule has 1 unspecified atom stereocenters. The Morgan fingerprint density at radius 1 is 1.32 bits per heavy atom. The SMILES string of the molecule is CC1CCCCN1C(=O)CSc1nnc(Cc2cccs2)n1C1CC1. The molecule has 1 aliphatic carbocycles. The average Bonchev–Trinajstić information content (AvgIpc) is 3.16. The summed E-state index contributed by atoms with van der Waals surface area (Å²) in [7, 11) is 0. The molecule has 0 aromatic carbocycles. The van der Waals surface area contributed by atoms with Gasteiger partial charge in [0, 0.05) is 29.9 Å². The summed E-state index contributed by atoms with van der Waals surface area (Å²) >= 11 is 3.31. The molecule has 7 heteroatoms. The minimum Gasteiger partial charge on any atom is -0.339 e. The Labute approximate surface area is 156 Å². The van der Waals surface area contributed by atoms with E-state index in [0.29, 0.717) is 17.8 Å². The van der Waals surface area contributed by atoms with Crippen molar-refractivity contribution in [2.75, 3.05) is 12.3 Å². The lowest BCUT2D eigenvalue weighted by atomic mass is 10.0. The van der Waals surface area contributed by atoms with Gasteiger partial charge in [0.2, 0.25) is 5.91 Å². The molecular weight excluding hydrogens is 352 g/mol. The van der Waals surface area contributed by atoms with E-state index < -0.39 is 0 Å². The highest BCUT2D eigenvalue weighted by Gasteiger charge is 2.30. The van der Waals surface area contributed by atoms with Crippen LogP contribution in [0.15, 0.2) is 22.7 Å². The van der Waals surface area contributed by atoms with Crippen LogP contribution in [0.5, 0.6) is 0 Å². The van der Waals surface area contributed by atoms with E-state index in [-0.39, 0.29) is 5.91 Å². The number of hydrogen-bond donors (Lipinski definition) is 0. The van der Waals surface area contributed by atoms with Crippen LogP contribution in [0.3, 0.4) is 0 Å². The van der Waals surface area contributed by atoms with Crippen molar-refractivity contribution in [2.24, 2.45) is 0 Å². The third kappa shape index (κ3) is 3.92. The van der Waals surface area contributed by atoms with Crippen LogP contribution < -0.4 is 0 Å². The van der Waals surface area contributed by atoms with Gasteiger partial charge < -0.3 is 9.47 Å². The highest BCUT2D eigenvalue weighted by Crippen LogP contribution is 2.39. The van der Waals surface area contributed by atoms with Crippen molar-refractivity contribution in [3.63, 3.8) is 0 Å². The number of thiophene rings is 1. The molecule has 1 aliphatic heterocycles. The van der Waals surface area contributed by atoms with Crippen molar-refractivity contribution in [1.29, 1.82) is 0 Å². The monoisotopic (exact) mass is 376 g/mol. The molecule has 5 nitrogen and oxygen atoms in total. The maximum atomic E-state index is 12.6. The van der Waals surface area contributed by atoms with Crippen LogP contribution in [-0.4, -0.2) is 43.9 Å². The molecule has 1 amide bonds. The molecule has 0 N–H and O–H groups in total. The van der Waals surface area contributed by atoms with Crippen LogP contribution in [0.2, 0.25) is 0 Å². The first kappa shape index (κ1) is 17.1. The van der Waals surface area contributed by atoms with Gasteiger partial charge in [-0.1, -0.05) is 17.8 Å². The standard InChI is InChI=1S/C18H24N4OS2/c1-13-5-2-3-9-21(13)17(23)12-25-18-20-19-16(22(18)14-7-8-14)11-15-6-4-10-24-15/h4,6,10,13-14H,2-3,5,7-9,11-12H2,1H3. The Morgan fingerprint density at radius 2 is 2.20 bits per heavy atom. The summed E-state index contributed by atoms with van der Waals surface area (Å²) in [5, 5.41) is 11.8. The highest BCUT2D eigenvalue weighted by molar-refractivity contribution is 7.99. The van der Waals surface area contributed by atoms with Gasteiger partial charge in [0.05, 0.1) is 5.75 Å². The van der Waals surface area contributed by atoms with Crippen molar-refractivity contribution in [1.82, 2.24) is 19.7 Å². The first-order chi connectivity index (χ1) is 12.2. The van der Waals surface area contributed by atoms with Gasteiger partial charge in [-0.2, -0.15) is 0 Å². The normalized spacial score (nSPS) is 20.8. The van der Waals surface area contributed by atoms with Crippen molar-refractivity contribution < 1.29 is 4.79 Å². The summed E-state index contributed by atoms with van der Waals surface area (Å²) < 4.78 is 2.28. The maximum Gasteiger partial charge on any atom is 0.233 e. The number of aromatic nitrogens is 3. The lowest BCUT2D eigenvalue weighted by Gasteiger charge is -2.33. The number of piperidine rings is 1. The van der Waals surface area contributed by atoms with E-state index in [1.807, 2.05) is 4.90 Å². The van der Waals surface area contributed by atoms with Gasteiger partial charge >= 0.3 is 0 Å². The van der Waals surface area contributed by atoms with E-state index in [4.69, 9.17) is 0 Å². The quantitative estimate of drug-likeness (QED) is 0.721. The highest BCUT2D eigenvalue weighted by atomic mass is 32.2. The molecule has 0 bridgehead atoms. The van der Waals surface area contributed by atoms with Crippen LogP contribution in [0.4, 0.5) is 0 Å². The number of likely N-dealkylation sites (tertiary alicyclic amines) is 1. The third-order valence-corrected chi connectivity index (χ3v) is 6.81. The molecule has 0 radical (unpaired) electrons. The zero-order chi connectivity index (χ0) is 17.2. The zero-order valence-corrected chi connectivity index (χ0v) is 16.2. The third-order valence-electron chi connectivity index (χ3n) is 5.01. The number of carbonyl (C=O) groups excluding carboxylic acids is 1. The summed E-state index contributed by atoms with van der Waals surface area (Å²) in [5.41, 5.74) is 0. The number of nitrogens with zero attached hydrogens (tertiary/aromatic N) is 4. The molecule has 1 atom stereocenters. The fraction of sp³-hybridized carbons (Fsp3) is 0.611. The Balaban J connectivity index is 1.43. The second-order valence-electron chi connectivity index (χ2n) is 6.98. The Bertz CT molecular complexity index is 724. The summed E-state index contributed by atoms with van der Waals surface area (Å²) in [6.07, 6.45) is 6.71. The van der Waals surface area contributed by atoms with Crippen LogP contribution in [0.25, 0.3) is 0 Å². The number of carbonyl (C=O) groups is 1. The van der Waals surface area contributed by atoms with E-state index in [9.17, 15) is 4.79 Å². The molecule has 2 aromatic heterocycles. The Morgan fingerprint density at radius 3 is 2.92 bits per heavy atom. The van der Waals surface area contributed by atoms with Gasteiger partial charge in [-0.15, -0.1) is 21.5 Å². The first-order valence-electron chi connectivity index (χ1n) is 9.11. The lowest BCUT2D eigenvalue weighted by Crippen LogP contribution is -2.43. The van der Waals surface area contributed by atoms with E-state index in [1.54, 1.807) is 23.1 Å². The minimum atomic E-state index is 0.238. The van der Waals surface area contributed by atoms with Crippen molar-refractivity contribution in [3.8, 4) is 0 Å². The number of hydrogen-bond acceptors (Lipinski definition) is 5. The zero-order valence-electron chi connectivity index (χ0n) is 14.6. The molecule has 1 saturated heterocycles. The van der Waals surface area contributed by atoms with Crippen LogP contribution in [0.1, 0.15) is 55.8 Å². The molecule has 1 saturated carbocycles. The molecule has 25 heavy (non-hydrogen) atoms. The fourth-order valence-corrected chi connectivity index (χ4v) is 5.08. The molecule has 134 valence electrons. The van der Waals surface area contributed by atoms with Crippen LogP contribution in [0, 0.1) is 0 Å². The van der Waals surface area contributed by atoms with Crippen LogP contribution >= 0.6 is 23.1 Å². The smallest absolute Gasteiger partial charge is 0.233 e.